The minimum absolute atomic E-state index is 1.35. The highest BCUT2D eigenvalue weighted by atomic mass is 14.3. The Hall–Kier alpha value is -3.90. The van der Waals surface area contributed by atoms with Gasteiger partial charge in [0.25, 0.3) is 0 Å². The van der Waals surface area contributed by atoms with Crippen molar-refractivity contribution >= 4 is 86.2 Å². The molecular weight excluding hydrogens is 360 g/mol. The van der Waals surface area contributed by atoms with Gasteiger partial charge in [-0.1, -0.05) is 84.9 Å². The van der Waals surface area contributed by atoms with Crippen molar-refractivity contribution in [1.29, 1.82) is 0 Å². The molecule has 0 aliphatic rings. The van der Waals surface area contributed by atoms with Gasteiger partial charge in [-0.2, -0.15) is 0 Å². The van der Waals surface area contributed by atoms with Crippen molar-refractivity contribution < 1.29 is 0 Å². The Bertz CT molecular complexity index is 1920. The lowest BCUT2D eigenvalue weighted by atomic mass is 9.93. The van der Waals surface area contributed by atoms with Gasteiger partial charge in [0.05, 0.1) is 0 Å². The lowest BCUT2D eigenvalue weighted by molar-refractivity contribution is 1.86. The molecule has 9 aromatic rings. The highest BCUT2D eigenvalue weighted by Gasteiger charge is 2.24. The van der Waals surface area contributed by atoms with Crippen LogP contribution in [0, 0.1) is 0 Å². The Morgan fingerprint density at radius 2 is 0.600 bits per heavy atom. The third-order valence-electron chi connectivity index (χ3n) is 7.63. The van der Waals surface area contributed by atoms with Crippen molar-refractivity contribution in [3.05, 3.63) is 84.9 Å². The van der Waals surface area contributed by atoms with Crippen LogP contribution in [0.2, 0.25) is 0 Å². The molecule has 0 aliphatic carbocycles. The molecule has 134 valence electrons. The van der Waals surface area contributed by atoms with Crippen LogP contribution >= 0.6 is 0 Å². The van der Waals surface area contributed by atoms with Crippen LogP contribution in [-0.4, -0.2) is 0 Å². The molecule has 0 heteroatoms. The Kier molecular flexibility index (Phi) is 2.04. The summed E-state index contributed by atoms with van der Waals surface area (Å²) in [7, 11) is 0. The normalized spacial score (nSPS) is 13.3. The first-order valence-corrected chi connectivity index (χ1v) is 10.6. The Balaban J connectivity index is 1.82. The van der Waals surface area contributed by atoms with E-state index in [0.717, 1.165) is 0 Å². The van der Waals surface area contributed by atoms with Crippen LogP contribution in [0.3, 0.4) is 0 Å². The molecular formula is C30H14. The van der Waals surface area contributed by atoms with Crippen LogP contribution in [0.5, 0.6) is 0 Å². The second-order valence-electron chi connectivity index (χ2n) is 8.86. The van der Waals surface area contributed by atoms with Gasteiger partial charge in [-0.3, -0.25) is 0 Å². The summed E-state index contributed by atoms with van der Waals surface area (Å²) in [5, 5.41) is 22.5. The SMILES string of the molecule is c1cc2ccc3ccc4c5c6cccc7ccc8ccc(c9c(c1)c2c3c49)c5c8c76. The van der Waals surface area contributed by atoms with Crippen LogP contribution in [-0.2, 0) is 0 Å². The van der Waals surface area contributed by atoms with Crippen LogP contribution in [0.4, 0.5) is 0 Å². The predicted molar refractivity (Wildman–Crippen MR) is 131 cm³/mol. The summed E-state index contributed by atoms with van der Waals surface area (Å²) in [5.41, 5.74) is 0. The molecule has 0 spiro atoms. The second kappa shape index (κ2) is 4.32. The zero-order chi connectivity index (χ0) is 19.1. The lowest BCUT2D eigenvalue weighted by Crippen LogP contribution is -1.81. The molecule has 0 radical (unpaired) electrons. The van der Waals surface area contributed by atoms with Gasteiger partial charge in [0.2, 0.25) is 0 Å². The molecule has 0 unspecified atom stereocenters. The van der Waals surface area contributed by atoms with Crippen molar-refractivity contribution in [1.82, 2.24) is 0 Å². The van der Waals surface area contributed by atoms with Crippen LogP contribution < -0.4 is 0 Å². The maximum absolute atomic E-state index is 2.37. The topological polar surface area (TPSA) is 0 Å². The minimum atomic E-state index is 1.35. The first-order chi connectivity index (χ1) is 14.9. The van der Waals surface area contributed by atoms with Gasteiger partial charge in [0, 0.05) is 0 Å². The summed E-state index contributed by atoms with van der Waals surface area (Å²) in [6.07, 6.45) is 0. The van der Waals surface area contributed by atoms with Crippen molar-refractivity contribution in [2.45, 2.75) is 0 Å². The van der Waals surface area contributed by atoms with E-state index in [-0.39, 0.29) is 0 Å². The van der Waals surface area contributed by atoms with E-state index >= 15 is 0 Å². The van der Waals surface area contributed by atoms with Crippen molar-refractivity contribution in [3.8, 4) is 0 Å². The zero-order valence-corrected chi connectivity index (χ0v) is 16.1. The van der Waals surface area contributed by atoms with E-state index in [2.05, 4.69) is 84.9 Å². The summed E-state index contributed by atoms with van der Waals surface area (Å²) in [4.78, 5) is 0. The van der Waals surface area contributed by atoms with Crippen LogP contribution in [0.25, 0.3) is 86.2 Å². The van der Waals surface area contributed by atoms with Gasteiger partial charge in [-0.05, 0) is 86.2 Å². The lowest BCUT2D eigenvalue weighted by Gasteiger charge is -2.09. The fourth-order valence-electron chi connectivity index (χ4n) is 6.57. The van der Waals surface area contributed by atoms with E-state index in [0.29, 0.717) is 0 Å². The van der Waals surface area contributed by atoms with E-state index in [9.17, 15) is 0 Å². The molecule has 0 aromatic heterocycles. The standard InChI is InChI=1S/C30H14/c1-3-15-7-9-17-12-14-22-28-20-6-2-4-16-8-10-18-11-13-21(30(28)26(18)24(16)20)27-19(5-1)23(15)25(17)29(22)27/h1-14H. The smallest absolute Gasteiger partial charge is 0.000740 e. The highest BCUT2D eigenvalue weighted by molar-refractivity contribution is 6.52. The van der Waals surface area contributed by atoms with Crippen LogP contribution in [0.1, 0.15) is 0 Å². The zero-order valence-electron chi connectivity index (χ0n) is 16.1. The van der Waals surface area contributed by atoms with Crippen molar-refractivity contribution in [2.75, 3.05) is 0 Å². The van der Waals surface area contributed by atoms with E-state index in [1.165, 1.54) is 86.2 Å². The van der Waals surface area contributed by atoms with Gasteiger partial charge >= 0.3 is 0 Å². The molecule has 0 bridgehead atoms. The van der Waals surface area contributed by atoms with E-state index in [4.69, 9.17) is 0 Å². The number of rotatable bonds is 0. The molecule has 0 heterocycles. The van der Waals surface area contributed by atoms with Crippen molar-refractivity contribution in [2.24, 2.45) is 0 Å². The maximum Gasteiger partial charge on any atom is -0.000740 e. The first-order valence-electron chi connectivity index (χ1n) is 10.6. The summed E-state index contributed by atoms with van der Waals surface area (Å²) in [6, 6.07) is 32.1. The second-order valence-corrected chi connectivity index (χ2v) is 8.86. The van der Waals surface area contributed by atoms with E-state index in [1.54, 1.807) is 0 Å². The monoisotopic (exact) mass is 374 g/mol. The minimum Gasteiger partial charge on any atom is -0.0610 e. The molecule has 30 heavy (non-hydrogen) atoms. The molecule has 9 aromatic carbocycles. The fourth-order valence-corrected chi connectivity index (χ4v) is 6.57. The average molecular weight is 374 g/mol. The molecule has 0 amide bonds. The van der Waals surface area contributed by atoms with Gasteiger partial charge in [-0.15, -0.1) is 0 Å². The Morgan fingerprint density at radius 3 is 1.07 bits per heavy atom. The third-order valence-corrected chi connectivity index (χ3v) is 7.63. The average Bonchev–Trinajstić information content (AvgIpc) is 3.33. The van der Waals surface area contributed by atoms with E-state index < -0.39 is 0 Å². The third kappa shape index (κ3) is 1.28. The number of hydrogen-bond acceptors (Lipinski definition) is 0. The largest absolute Gasteiger partial charge is 0.0610 e. The molecule has 0 N–H and O–H groups in total. The summed E-state index contributed by atoms with van der Waals surface area (Å²) >= 11 is 0. The summed E-state index contributed by atoms with van der Waals surface area (Å²) in [6.45, 7) is 0. The summed E-state index contributed by atoms with van der Waals surface area (Å²) < 4.78 is 0. The van der Waals surface area contributed by atoms with E-state index in [1.807, 2.05) is 0 Å². The predicted octanol–water partition coefficient (Wildman–Crippen LogP) is 8.66. The van der Waals surface area contributed by atoms with Gasteiger partial charge in [0.15, 0.2) is 0 Å². The Morgan fingerprint density at radius 1 is 0.233 bits per heavy atom. The summed E-state index contributed by atoms with van der Waals surface area (Å²) in [5.74, 6) is 0. The van der Waals surface area contributed by atoms with Gasteiger partial charge in [-0.25, -0.2) is 0 Å². The number of benzene rings is 7. The van der Waals surface area contributed by atoms with Gasteiger partial charge < -0.3 is 0 Å². The maximum atomic E-state index is 2.37. The first kappa shape index (κ1) is 14.1. The molecule has 0 nitrogen and oxygen atoms in total. The molecule has 0 aliphatic heterocycles. The molecule has 0 fully saturated rings. The van der Waals surface area contributed by atoms with Crippen molar-refractivity contribution in [3.63, 3.8) is 0 Å². The van der Waals surface area contributed by atoms with Gasteiger partial charge in [0.1, 0.15) is 0 Å². The quantitative estimate of drug-likeness (QED) is 0.184. The molecule has 0 saturated heterocycles. The number of fused-ring (bicyclic) bond motifs is 4. The molecule has 0 atom stereocenters. The Labute approximate surface area is 171 Å². The number of hydrogen-bond donors (Lipinski definition) is 0. The molecule has 0 saturated carbocycles. The molecule has 9 rings (SSSR count). The van der Waals surface area contributed by atoms with Crippen LogP contribution in [0.15, 0.2) is 84.9 Å². The highest BCUT2D eigenvalue weighted by Crippen LogP contribution is 2.53. The fraction of sp³-hybridized carbons (Fsp3) is 0.